The van der Waals surface area contributed by atoms with Gasteiger partial charge in [0.15, 0.2) is 0 Å². The number of halogens is 3. The number of urea groups is 1. The number of hydrogen-bond donors (Lipinski definition) is 3. The molecule has 1 aromatic carbocycles. The highest BCUT2D eigenvalue weighted by Gasteiger charge is 2.67. The Bertz CT molecular complexity index is 633. The first-order valence-electron chi connectivity index (χ1n) is 7.21. The van der Waals surface area contributed by atoms with Gasteiger partial charge in [-0.2, -0.15) is 13.2 Å². The second kappa shape index (κ2) is 6.31. The van der Waals surface area contributed by atoms with Gasteiger partial charge in [0.25, 0.3) is 5.72 Å². The van der Waals surface area contributed by atoms with Crippen LogP contribution in [0.25, 0.3) is 0 Å². The second-order valence-electron chi connectivity index (χ2n) is 5.48. The highest BCUT2D eigenvalue weighted by atomic mass is 19.4. The standard InChI is InChI=1S/C15H17F3N2O4/c1-3-24-12(21)10-11(9-6-4-8(2)5-7-9)19-13(22)20-14(10,23)15(16,17)18/h4-7,10-11,23H,3H2,1-2H3,(H2,19,20,22)/t10-,11+,14+/m1/s1. The van der Waals surface area contributed by atoms with Crippen molar-refractivity contribution in [3.8, 4) is 0 Å². The molecule has 24 heavy (non-hydrogen) atoms. The maximum atomic E-state index is 13.4. The molecule has 2 rings (SSSR count). The average Bonchev–Trinajstić information content (AvgIpc) is 2.46. The molecular weight excluding hydrogens is 329 g/mol. The summed E-state index contributed by atoms with van der Waals surface area (Å²) in [4.78, 5) is 23.8. The van der Waals surface area contributed by atoms with E-state index in [1.807, 2.05) is 0 Å². The monoisotopic (exact) mass is 346 g/mol. The molecule has 6 nitrogen and oxygen atoms in total. The minimum absolute atomic E-state index is 0.169. The van der Waals surface area contributed by atoms with Crippen LogP contribution in [0.3, 0.4) is 0 Å². The molecule has 3 N–H and O–H groups in total. The minimum Gasteiger partial charge on any atom is -0.466 e. The van der Waals surface area contributed by atoms with Gasteiger partial charge >= 0.3 is 18.2 Å². The van der Waals surface area contributed by atoms with Crippen molar-refractivity contribution in [1.82, 2.24) is 10.6 Å². The number of alkyl halides is 3. The van der Waals surface area contributed by atoms with Crippen molar-refractivity contribution < 1.29 is 32.6 Å². The molecule has 132 valence electrons. The zero-order chi connectivity index (χ0) is 18.1. The summed E-state index contributed by atoms with van der Waals surface area (Å²) >= 11 is 0. The molecule has 1 aliphatic rings. The number of hydrogen-bond acceptors (Lipinski definition) is 4. The number of benzene rings is 1. The maximum Gasteiger partial charge on any atom is 0.437 e. The van der Waals surface area contributed by atoms with E-state index in [2.05, 4.69) is 5.32 Å². The quantitative estimate of drug-likeness (QED) is 0.728. The summed E-state index contributed by atoms with van der Waals surface area (Å²) in [5.74, 6) is -3.37. The van der Waals surface area contributed by atoms with Crippen molar-refractivity contribution in [2.45, 2.75) is 31.8 Å². The number of aryl methyl sites for hydroxylation is 1. The molecule has 0 unspecified atom stereocenters. The predicted molar refractivity (Wildman–Crippen MR) is 76.7 cm³/mol. The minimum atomic E-state index is -5.27. The summed E-state index contributed by atoms with van der Waals surface area (Å²) in [5, 5.41) is 13.8. The lowest BCUT2D eigenvalue weighted by atomic mass is 9.82. The van der Waals surface area contributed by atoms with Crippen LogP contribution in [0, 0.1) is 12.8 Å². The Morgan fingerprint density at radius 1 is 1.33 bits per heavy atom. The number of amides is 2. The van der Waals surface area contributed by atoms with Crippen LogP contribution in [0.1, 0.15) is 24.1 Å². The van der Waals surface area contributed by atoms with Crippen molar-refractivity contribution in [1.29, 1.82) is 0 Å². The number of esters is 1. The smallest absolute Gasteiger partial charge is 0.437 e. The molecule has 1 fully saturated rings. The molecule has 0 bridgehead atoms. The first kappa shape index (κ1) is 18.1. The van der Waals surface area contributed by atoms with Gasteiger partial charge in [-0.05, 0) is 19.4 Å². The summed E-state index contributed by atoms with van der Waals surface area (Å²) in [5.41, 5.74) is -2.65. The number of aliphatic hydroxyl groups is 1. The number of rotatable bonds is 3. The Morgan fingerprint density at radius 3 is 2.42 bits per heavy atom. The van der Waals surface area contributed by atoms with E-state index in [1.165, 1.54) is 24.4 Å². The van der Waals surface area contributed by atoms with Gasteiger partial charge in [0, 0.05) is 0 Å². The number of ether oxygens (including phenoxy) is 1. The fraction of sp³-hybridized carbons (Fsp3) is 0.467. The predicted octanol–water partition coefficient (Wildman–Crippen LogP) is 1.78. The van der Waals surface area contributed by atoms with Gasteiger partial charge in [-0.3, -0.25) is 4.79 Å². The van der Waals surface area contributed by atoms with E-state index in [0.717, 1.165) is 5.56 Å². The Kier molecular flexibility index (Phi) is 4.75. The zero-order valence-corrected chi connectivity index (χ0v) is 13.0. The van der Waals surface area contributed by atoms with Gasteiger partial charge in [0.05, 0.1) is 12.6 Å². The molecule has 1 aromatic rings. The van der Waals surface area contributed by atoms with Crippen LogP contribution in [-0.4, -0.2) is 35.6 Å². The van der Waals surface area contributed by atoms with Gasteiger partial charge in [-0.15, -0.1) is 0 Å². The normalized spacial score (nSPS) is 27.2. The first-order valence-corrected chi connectivity index (χ1v) is 7.21. The maximum absolute atomic E-state index is 13.4. The SMILES string of the molecule is CCOC(=O)[C@H]1[C@H](c2ccc(C)cc2)NC(=O)N[C@@]1(O)C(F)(F)F. The molecule has 0 aliphatic carbocycles. The van der Waals surface area contributed by atoms with Crippen molar-refractivity contribution >= 4 is 12.0 Å². The van der Waals surface area contributed by atoms with Gasteiger partial charge in [-0.1, -0.05) is 29.8 Å². The molecule has 1 heterocycles. The Balaban J connectivity index is 2.55. The molecule has 1 saturated heterocycles. The van der Waals surface area contributed by atoms with Crippen LogP contribution in [0.4, 0.5) is 18.0 Å². The Hall–Kier alpha value is -2.29. The summed E-state index contributed by atoms with van der Waals surface area (Å²) < 4.78 is 44.9. The first-order chi connectivity index (χ1) is 11.1. The lowest BCUT2D eigenvalue weighted by Crippen LogP contribution is -2.73. The summed E-state index contributed by atoms with van der Waals surface area (Å²) in [6.45, 7) is 3.04. The molecular formula is C15H17F3N2O4. The van der Waals surface area contributed by atoms with Gasteiger partial charge < -0.3 is 20.5 Å². The molecule has 0 aromatic heterocycles. The van der Waals surface area contributed by atoms with Crippen LogP contribution >= 0.6 is 0 Å². The third-order valence-electron chi connectivity index (χ3n) is 3.78. The van der Waals surface area contributed by atoms with Crippen LogP contribution in [0.15, 0.2) is 24.3 Å². The van der Waals surface area contributed by atoms with Crippen LogP contribution in [-0.2, 0) is 9.53 Å². The summed E-state index contributed by atoms with van der Waals surface area (Å²) in [6, 6.07) is 3.57. The van der Waals surface area contributed by atoms with E-state index in [0.29, 0.717) is 0 Å². The molecule has 3 atom stereocenters. The topological polar surface area (TPSA) is 87.7 Å². The fourth-order valence-electron chi connectivity index (χ4n) is 2.59. The summed E-state index contributed by atoms with van der Waals surface area (Å²) in [7, 11) is 0. The Labute approximate surface area is 136 Å². The average molecular weight is 346 g/mol. The number of nitrogens with one attached hydrogen (secondary N) is 2. The third kappa shape index (κ3) is 3.16. The molecule has 0 saturated carbocycles. The van der Waals surface area contributed by atoms with Crippen molar-refractivity contribution in [3.05, 3.63) is 35.4 Å². The molecule has 0 spiro atoms. The van der Waals surface area contributed by atoms with Gasteiger partial charge in [-0.25, -0.2) is 4.79 Å². The summed E-state index contributed by atoms with van der Waals surface area (Å²) in [6.07, 6.45) is -5.27. The highest BCUT2D eigenvalue weighted by molar-refractivity contribution is 5.83. The lowest BCUT2D eigenvalue weighted by Gasteiger charge is -2.44. The van der Waals surface area contributed by atoms with Gasteiger partial charge in [0.1, 0.15) is 5.92 Å². The molecule has 0 radical (unpaired) electrons. The van der Waals surface area contributed by atoms with E-state index in [9.17, 15) is 27.9 Å². The van der Waals surface area contributed by atoms with Crippen LogP contribution in [0.2, 0.25) is 0 Å². The van der Waals surface area contributed by atoms with Crippen LogP contribution < -0.4 is 10.6 Å². The third-order valence-corrected chi connectivity index (χ3v) is 3.78. The number of carbonyl (C=O) groups is 2. The van der Waals surface area contributed by atoms with E-state index >= 15 is 0 Å². The van der Waals surface area contributed by atoms with Crippen molar-refractivity contribution in [2.24, 2.45) is 5.92 Å². The van der Waals surface area contributed by atoms with E-state index in [-0.39, 0.29) is 12.2 Å². The molecule has 1 aliphatic heterocycles. The van der Waals surface area contributed by atoms with Gasteiger partial charge in [0.2, 0.25) is 0 Å². The molecule has 2 amide bonds. The van der Waals surface area contributed by atoms with Crippen molar-refractivity contribution in [2.75, 3.05) is 6.61 Å². The Morgan fingerprint density at radius 2 is 1.92 bits per heavy atom. The van der Waals surface area contributed by atoms with E-state index in [1.54, 1.807) is 19.1 Å². The fourth-order valence-corrected chi connectivity index (χ4v) is 2.59. The molecule has 9 heteroatoms. The van der Waals surface area contributed by atoms with E-state index < -0.39 is 35.9 Å². The lowest BCUT2D eigenvalue weighted by molar-refractivity contribution is -0.294. The zero-order valence-electron chi connectivity index (χ0n) is 13.0. The highest BCUT2D eigenvalue weighted by Crippen LogP contribution is 2.43. The largest absolute Gasteiger partial charge is 0.466 e. The van der Waals surface area contributed by atoms with Crippen LogP contribution in [0.5, 0.6) is 0 Å². The van der Waals surface area contributed by atoms with Crippen molar-refractivity contribution in [3.63, 3.8) is 0 Å². The second-order valence-corrected chi connectivity index (χ2v) is 5.48. The van der Waals surface area contributed by atoms with E-state index in [4.69, 9.17) is 4.74 Å². The number of carbonyl (C=O) groups excluding carboxylic acids is 2.